The zero-order valence-electron chi connectivity index (χ0n) is 13.2. The summed E-state index contributed by atoms with van der Waals surface area (Å²) in [5.41, 5.74) is 0. The molecule has 0 aromatic carbocycles. The second-order valence-electron chi connectivity index (χ2n) is 5.43. The van der Waals surface area contributed by atoms with Gasteiger partial charge in [-0.05, 0) is 51.7 Å². The first-order valence-corrected chi connectivity index (χ1v) is 7.83. The molecule has 0 radical (unpaired) electrons. The summed E-state index contributed by atoms with van der Waals surface area (Å²) in [5, 5.41) is 3.43. The number of esters is 1. The molecule has 0 saturated carbocycles. The number of ether oxygens (including phenoxy) is 2. The van der Waals surface area contributed by atoms with Crippen LogP contribution in [0.5, 0.6) is 0 Å². The summed E-state index contributed by atoms with van der Waals surface area (Å²) in [7, 11) is 1.64. The third kappa shape index (κ3) is 5.77. The number of carbonyl (C=O) groups excluding carboxylic acids is 1. The lowest BCUT2D eigenvalue weighted by Gasteiger charge is -2.34. The highest BCUT2D eigenvalue weighted by Gasteiger charge is 2.29. The third-order valence-electron chi connectivity index (χ3n) is 3.73. The van der Waals surface area contributed by atoms with Gasteiger partial charge in [-0.3, -0.25) is 9.69 Å². The molecule has 0 amide bonds. The number of carbonyl (C=O) groups is 1. The van der Waals surface area contributed by atoms with Crippen molar-refractivity contribution in [1.29, 1.82) is 0 Å². The van der Waals surface area contributed by atoms with Gasteiger partial charge >= 0.3 is 5.97 Å². The van der Waals surface area contributed by atoms with Crippen molar-refractivity contribution in [3.05, 3.63) is 0 Å². The standard InChI is InChI=1S/C15H30N2O3/c1-4-9-17(11-13-7-6-8-16-10-13)14(12-19-3)15(18)20-5-2/h13-14,16H,4-12H2,1-3H3. The topological polar surface area (TPSA) is 50.8 Å². The zero-order chi connectivity index (χ0) is 14.8. The van der Waals surface area contributed by atoms with Crippen LogP contribution in [0.4, 0.5) is 0 Å². The quantitative estimate of drug-likeness (QED) is 0.647. The van der Waals surface area contributed by atoms with Crippen LogP contribution in [0.3, 0.4) is 0 Å². The number of hydrogen-bond donors (Lipinski definition) is 1. The molecule has 2 unspecified atom stereocenters. The lowest BCUT2D eigenvalue weighted by Crippen LogP contribution is -2.49. The summed E-state index contributed by atoms with van der Waals surface area (Å²) in [6.07, 6.45) is 3.48. The molecule has 118 valence electrons. The molecule has 5 heteroatoms. The van der Waals surface area contributed by atoms with Gasteiger partial charge in [-0.1, -0.05) is 6.92 Å². The van der Waals surface area contributed by atoms with E-state index in [9.17, 15) is 4.79 Å². The van der Waals surface area contributed by atoms with Gasteiger partial charge in [0.15, 0.2) is 0 Å². The molecule has 0 aliphatic carbocycles. The Hall–Kier alpha value is -0.650. The molecule has 2 atom stereocenters. The Morgan fingerprint density at radius 2 is 2.25 bits per heavy atom. The van der Waals surface area contributed by atoms with Crippen LogP contribution in [0.25, 0.3) is 0 Å². The summed E-state index contributed by atoms with van der Waals surface area (Å²) in [6, 6.07) is -0.276. The van der Waals surface area contributed by atoms with Gasteiger partial charge < -0.3 is 14.8 Å². The average Bonchev–Trinajstić information content (AvgIpc) is 2.46. The highest BCUT2D eigenvalue weighted by atomic mass is 16.5. The summed E-state index contributed by atoms with van der Waals surface area (Å²) in [6.45, 7) is 8.81. The third-order valence-corrected chi connectivity index (χ3v) is 3.73. The number of methoxy groups -OCH3 is 1. The van der Waals surface area contributed by atoms with E-state index in [1.54, 1.807) is 7.11 Å². The molecule has 1 N–H and O–H groups in total. The van der Waals surface area contributed by atoms with Gasteiger partial charge in [0.25, 0.3) is 0 Å². The number of nitrogens with zero attached hydrogens (tertiary/aromatic N) is 1. The smallest absolute Gasteiger partial charge is 0.325 e. The molecule has 5 nitrogen and oxygen atoms in total. The summed E-state index contributed by atoms with van der Waals surface area (Å²) >= 11 is 0. The SMILES string of the molecule is CCCN(CC1CCCNC1)C(COC)C(=O)OCC. The van der Waals surface area contributed by atoms with Crippen LogP contribution in [0, 0.1) is 5.92 Å². The monoisotopic (exact) mass is 286 g/mol. The van der Waals surface area contributed by atoms with E-state index in [0.29, 0.717) is 19.1 Å². The lowest BCUT2D eigenvalue weighted by atomic mass is 9.98. The summed E-state index contributed by atoms with van der Waals surface area (Å²) in [4.78, 5) is 14.4. The van der Waals surface area contributed by atoms with Crippen LogP contribution in [0.1, 0.15) is 33.1 Å². The van der Waals surface area contributed by atoms with Crippen LogP contribution < -0.4 is 5.32 Å². The first-order chi connectivity index (χ1) is 9.72. The Labute approximate surface area is 123 Å². The fraction of sp³-hybridized carbons (Fsp3) is 0.933. The highest BCUT2D eigenvalue weighted by Crippen LogP contribution is 2.15. The van der Waals surface area contributed by atoms with Crippen molar-refractivity contribution in [2.24, 2.45) is 5.92 Å². The van der Waals surface area contributed by atoms with E-state index >= 15 is 0 Å². The lowest BCUT2D eigenvalue weighted by molar-refractivity contribution is -0.152. The minimum Gasteiger partial charge on any atom is -0.465 e. The Kier molecular flexibility index (Phi) is 8.82. The Morgan fingerprint density at radius 1 is 1.45 bits per heavy atom. The molecule has 0 spiro atoms. The van der Waals surface area contributed by atoms with Crippen LogP contribution in [-0.4, -0.2) is 63.4 Å². The maximum atomic E-state index is 12.1. The molecule has 1 aliphatic rings. The van der Waals surface area contributed by atoms with E-state index in [-0.39, 0.29) is 12.0 Å². The maximum Gasteiger partial charge on any atom is 0.325 e. The second-order valence-corrected chi connectivity index (χ2v) is 5.43. The summed E-state index contributed by atoms with van der Waals surface area (Å²) < 4.78 is 10.4. The molecule has 0 aromatic heterocycles. The number of piperidine rings is 1. The summed E-state index contributed by atoms with van der Waals surface area (Å²) in [5.74, 6) is 0.454. The minimum atomic E-state index is -0.276. The largest absolute Gasteiger partial charge is 0.465 e. The molecular weight excluding hydrogens is 256 g/mol. The van der Waals surface area contributed by atoms with Crippen LogP contribution in [0.15, 0.2) is 0 Å². The fourth-order valence-corrected chi connectivity index (χ4v) is 2.79. The molecular formula is C15H30N2O3. The van der Waals surface area contributed by atoms with E-state index in [4.69, 9.17) is 9.47 Å². The molecule has 0 bridgehead atoms. The second kappa shape index (κ2) is 10.1. The van der Waals surface area contributed by atoms with Gasteiger partial charge in [-0.25, -0.2) is 0 Å². The number of nitrogens with one attached hydrogen (secondary N) is 1. The van der Waals surface area contributed by atoms with E-state index in [0.717, 1.165) is 32.6 Å². The van der Waals surface area contributed by atoms with Gasteiger partial charge in [0.05, 0.1) is 13.2 Å². The van der Waals surface area contributed by atoms with E-state index < -0.39 is 0 Å². The highest BCUT2D eigenvalue weighted by molar-refractivity contribution is 5.76. The van der Waals surface area contributed by atoms with Crippen molar-refractivity contribution >= 4 is 5.97 Å². The van der Waals surface area contributed by atoms with E-state index in [2.05, 4.69) is 17.1 Å². The molecule has 1 fully saturated rings. The fourth-order valence-electron chi connectivity index (χ4n) is 2.79. The minimum absolute atomic E-state index is 0.161. The number of rotatable bonds is 9. The van der Waals surface area contributed by atoms with Crippen LogP contribution in [-0.2, 0) is 14.3 Å². The maximum absolute atomic E-state index is 12.1. The van der Waals surface area contributed by atoms with Crippen molar-refractivity contribution in [3.63, 3.8) is 0 Å². The molecule has 20 heavy (non-hydrogen) atoms. The van der Waals surface area contributed by atoms with Gasteiger partial charge in [-0.15, -0.1) is 0 Å². The van der Waals surface area contributed by atoms with Gasteiger partial charge in [0, 0.05) is 13.7 Å². The predicted molar refractivity (Wildman–Crippen MR) is 79.8 cm³/mol. The van der Waals surface area contributed by atoms with Crippen molar-refractivity contribution in [1.82, 2.24) is 10.2 Å². The van der Waals surface area contributed by atoms with Gasteiger partial charge in [0.1, 0.15) is 6.04 Å². The first kappa shape index (κ1) is 17.4. The van der Waals surface area contributed by atoms with Crippen molar-refractivity contribution in [2.75, 3.05) is 46.5 Å². The van der Waals surface area contributed by atoms with Crippen molar-refractivity contribution < 1.29 is 14.3 Å². The van der Waals surface area contributed by atoms with E-state index in [1.807, 2.05) is 6.92 Å². The zero-order valence-corrected chi connectivity index (χ0v) is 13.2. The van der Waals surface area contributed by atoms with Crippen molar-refractivity contribution in [2.45, 2.75) is 39.2 Å². The Balaban J connectivity index is 2.64. The van der Waals surface area contributed by atoms with Crippen molar-refractivity contribution in [3.8, 4) is 0 Å². The first-order valence-electron chi connectivity index (χ1n) is 7.83. The van der Waals surface area contributed by atoms with Gasteiger partial charge in [0.2, 0.25) is 0 Å². The van der Waals surface area contributed by atoms with E-state index in [1.165, 1.54) is 12.8 Å². The van der Waals surface area contributed by atoms with Crippen LogP contribution >= 0.6 is 0 Å². The predicted octanol–water partition coefficient (Wildman–Crippen LogP) is 1.28. The Morgan fingerprint density at radius 3 is 2.80 bits per heavy atom. The average molecular weight is 286 g/mol. The number of hydrogen-bond acceptors (Lipinski definition) is 5. The molecule has 1 rings (SSSR count). The molecule has 0 aromatic rings. The van der Waals surface area contributed by atoms with Gasteiger partial charge in [-0.2, -0.15) is 0 Å². The molecule has 1 heterocycles. The molecule has 1 aliphatic heterocycles. The normalized spacial score (nSPS) is 20.9. The molecule has 1 saturated heterocycles. The Bertz CT molecular complexity index is 268. The van der Waals surface area contributed by atoms with Crippen LogP contribution in [0.2, 0.25) is 0 Å².